The highest BCUT2D eigenvalue weighted by Gasteiger charge is 2.32. The summed E-state index contributed by atoms with van der Waals surface area (Å²) in [5.74, 6) is 0.902. The molecule has 0 spiro atoms. The van der Waals surface area contributed by atoms with Crippen molar-refractivity contribution in [2.75, 3.05) is 13.2 Å². The summed E-state index contributed by atoms with van der Waals surface area (Å²) in [6.07, 6.45) is 9.37. The van der Waals surface area contributed by atoms with E-state index in [1.165, 1.54) is 12.8 Å². The molecule has 2 aliphatic rings. The molecule has 0 radical (unpaired) electrons. The van der Waals surface area contributed by atoms with E-state index in [0.29, 0.717) is 24.8 Å². The van der Waals surface area contributed by atoms with Gasteiger partial charge in [-0.1, -0.05) is 25.7 Å². The second kappa shape index (κ2) is 6.71. The minimum absolute atomic E-state index is 0.0895. The fourth-order valence-corrected chi connectivity index (χ4v) is 3.68. The summed E-state index contributed by atoms with van der Waals surface area (Å²) in [4.78, 5) is 12.0. The number of aliphatic hydroxyl groups is 1. The van der Waals surface area contributed by atoms with E-state index in [2.05, 4.69) is 5.32 Å². The summed E-state index contributed by atoms with van der Waals surface area (Å²) >= 11 is 0. The number of rotatable bonds is 5. The molecule has 4 N–H and O–H groups in total. The van der Waals surface area contributed by atoms with E-state index in [1.54, 1.807) is 0 Å². The molecule has 0 aromatic carbocycles. The Bertz CT molecular complexity index is 301. The lowest BCUT2D eigenvalue weighted by molar-refractivity contribution is -0.122. The van der Waals surface area contributed by atoms with Crippen molar-refractivity contribution in [1.29, 1.82) is 0 Å². The number of amides is 1. The molecule has 4 heteroatoms. The van der Waals surface area contributed by atoms with Crippen LogP contribution in [0.15, 0.2) is 0 Å². The van der Waals surface area contributed by atoms with E-state index in [4.69, 9.17) is 5.73 Å². The van der Waals surface area contributed by atoms with E-state index >= 15 is 0 Å². The minimum atomic E-state index is -0.257. The Morgan fingerprint density at radius 1 is 1.16 bits per heavy atom. The molecule has 2 aliphatic carbocycles. The van der Waals surface area contributed by atoms with Crippen molar-refractivity contribution < 1.29 is 9.90 Å². The number of carbonyl (C=O) groups excluding carboxylic acids is 1. The van der Waals surface area contributed by atoms with Crippen molar-refractivity contribution >= 4 is 5.91 Å². The van der Waals surface area contributed by atoms with Crippen LogP contribution in [0.4, 0.5) is 0 Å². The third-order valence-electron chi connectivity index (χ3n) is 4.97. The van der Waals surface area contributed by atoms with Gasteiger partial charge >= 0.3 is 0 Å². The zero-order valence-corrected chi connectivity index (χ0v) is 11.9. The van der Waals surface area contributed by atoms with Crippen molar-refractivity contribution in [3.63, 3.8) is 0 Å². The van der Waals surface area contributed by atoms with E-state index in [1.807, 2.05) is 0 Å². The molecule has 2 atom stereocenters. The van der Waals surface area contributed by atoms with Gasteiger partial charge in [0.25, 0.3) is 0 Å². The first-order valence-electron chi connectivity index (χ1n) is 7.79. The van der Waals surface area contributed by atoms with E-state index in [0.717, 1.165) is 38.5 Å². The Morgan fingerprint density at radius 3 is 2.42 bits per heavy atom. The van der Waals surface area contributed by atoms with Crippen molar-refractivity contribution in [2.45, 2.75) is 63.3 Å². The lowest BCUT2D eigenvalue weighted by atomic mass is 9.79. The SMILES string of the molecule is NC1(CC(=O)NCC2CCCCC2CO)CCCC1. The average Bonchev–Trinajstić information content (AvgIpc) is 2.83. The lowest BCUT2D eigenvalue weighted by Crippen LogP contribution is -2.43. The van der Waals surface area contributed by atoms with Gasteiger partial charge in [-0.25, -0.2) is 0 Å². The maximum Gasteiger partial charge on any atom is 0.221 e. The Hall–Kier alpha value is -0.610. The molecule has 110 valence electrons. The van der Waals surface area contributed by atoms with Gasteiger partial charge in [-0.05, 0) is 37.5 Å². The highest BCUT2D eigenvalue weighted by atomic mass is 16.3. The van der Waals surface area contributed by atoms with Crippen LogP contribution in [0.1, 0.15) is 57.8 Å². The van der Waals surface area contributed by atoms with Gasteiger partial charge in [0.2, 0.25) is 5.91 Å². The minimum Gasteiger partial charge on any atom is -0.396 e. The van der Waals surface area contributed by atoms with Crippen LogP contribution in [0, 0.1) is 11.8 Å². The molecule has 0 saturated heterocycles. The second-order valence-corrected chi connectivity index (χ2v) is 6.54. The van der Waals surface area contributed by atoms with Crippen LogP contribution in [-0.2, 0) is 4.79 Å². The third-order valence-corrected chi connectivity index (χ3v) is 4.97. The van der Waals surface area contributed by atoms with Crippen LogP contribution in [0.5, 0.6) is 0 Å². The van der Waals surface area contributed by atoms with Crippen molar-refractivity contribution in [3.8, 4) is 0 Å². The Balaban J connectivity index is 1.73. The van der Waals surface area contributed by atoms with E-state index < -0.39 is 0 Å². The van der Waals surface area contributed by atoms with Gasteiger partial charge < -0.3 is 16.2 Å². The summed E-state index contributed by atoms with van der Waals surface area (Å²) in [5.41, 5.74) is 5.96. The summed E-state index contributed by atoms with van der Waals surface area (Å²) in [5, 5.41) is 12.4. The second-order valence-electron chi connectivity index (χ2n) is 6.54. The predicted octanol–water partition coefficient (Wildman–Crippen LogP) is 1.56. The standard InChI is InChI=1S/C15H28N2O2/c16-15(7-3-4-8-15)9-14(19)17-10-12-5-1-2-6-13(12)11-18/h12-13,18H,1-11,16H2,(H,17,19). The molecule has 2 rings (SSSR count). The summed E-state index contributed by atoms with van der Waals surface area (Å²) in [6, 6.07) is 0. The van der Waals surface area contributed by atoms with Gasteiger partial charge in [0.15, 0.2) is 0 Å². The zero-order chi connectivity index (χ0) is 13.7. The highest BCUT2D eigenvalue weighted by Crippen LogP contribution is 2.31. The molecular formula is C15H28N2O2. The maximum atomic E-state index is 12.0. The molecule has 1 amide bonds. The van der Waals surface area contributed by atoms with Crippen LogP contribution >= 0.6 is 0 Å². The number of aliphatic hydroxyl groups excluding tert-OH is 1. The summed E-state index contributed by atoms with van der Waals surface area (Å²) < 4.78 is 0. The maximum absolute atomic E-state index is 12.0. The Kier molecular flexibility index (Phi) is 5.22. The van der Waals surface area contributed by atoms with Crippen molar-refractivity contribution in [1.82, 2.24) is 5.32 Å². The summed E-state index contributed by atoms with van der Waals surface area (Å²) in [7, 11) is 0. The van der Waals surface area contributed by atoms with Crippen molar-refractivity contribution in [2.24, 2.45) is 17.6 Å². The molecule has 0 bridgehead atoms. The van der Waals surface area contributed by atoms with Gasteiger partial charge in [0, 0.05) is 25.1 Å². The first-order valence-corrected chi connectivity index (χ1v) is 7.79. The molecule has 4 nitrogen and oxygen atoms in total. The normalized spacial score (nSPS) is 30.2. The average molecular weight is 268 g/mol. The first-order chi connectivity index (χ1) is 9.13. The monoisotopic (exact) mass is 268 g/mol. The zero-order valence-electron chi connectivity index (χ0n) is 11.9. The van der Waals surface area contributed by atoms with Crippen LogP contribution in [-0.4, -0.2) is 29.7 Å². The molecule has 0 aromatic heterocycles. The van der Waals surface area contributed by atoms with Crippen LogP contribution in [0.3, 0.4) is 0 Å². The van der Waals surface area contributed by atoms with E-state index in [-0.39, 0.29) is 18.1 Å². The van der Waals surface area contributed by atoms with Crippen LogP contribution in [0.2, 0.25) is 0 Å². The molecule has 0 aromatic rings. The smallest absolute Gasteiger partial charge is 0.221 e. The van der Waals surface area contributed by atoms with Crippen molar-refractivity contribution in [3.05, 3.63) is 0 Å². The van der Waals surface area contributed by atoms with Crippen LogP contribution in [0.25, 0.3) is 0 Å². The Labute approximate surface area is 116 Å². The van der Waals surface area contributed by atoms with Gasteiger partial charge in [0.05, 0.1) is 0 Å². The number of nitrogens with two attached hydrogens (primary N) is 1. The predicted molar refractivity (Wildman–Crippen MR) is 75.5 cm³/mol. The first kappa shape index (κ1) is 14.8. The molecular weight excluding hydrogens is 240 g/mol. The van der Waals surface area contributed by atoms with Gasteiger partial charge in [-0.15, -0.1) is 0 Å². The fraction of sp³-hybridized carbons (Fsp3) is 0.933. The number of nitrogens with one attached hydrogen (secondary N) is 1. The van der Waals surface area contributed by atoms with Gasteiger partial charge in [-0.3, -0.25) is 4.79 Å². The molecule has 2 unspecified atom stereocenters. The molecule has 19 heavy (non-hydrogen) atoms. The molecule has 2 fully saturated rings. The largest absolute Gasteiger partial charge is 0.396 e. The number of hydrogen-bond donors (Lipinski definition) is 3. The molecule has 2 saturated carbocycles. The molecule has 0 heterocycles. The summed E-state index contributed by atoms with van der Waals surface area (Å²) in [6.45, 7) is 0.960. The van der Waals surface area contributed by atoms with E-state index in [9.17, 15) is 9.90 Å². The number of hydrogen-bond acceptors (Lipinski definition) is 3. The lowest BCUT2D eigenvalue weighted by Gasteiger charge is -2.31. The quantitative estimate of drug-likeness (QED) is 0.708. The molecule has 0 aliphatic heterocycles. The number of carbonyl (C=O) groups is 1. The fourth-order valence-electron chi connectivity index (χ4n) is 3.68. The third kappa shape index (κ3) is 4.18. The Morgan fingerprint density at radius 2 is 1.79 bits per heavy atom. The van der Waals surface area contributed by atoms with Crippen LogP contribution < -0.4 is 11.1 Å². The van der Waals surface area contributed by atoms with Gasteiger partial charge in [-0.2, -0.15) is 0 Å². The van der Waals surface area contributed by atoms with Gasteiger partial charge in [0.1, 0.15) is 0 Å². The topological polar surface area (TPSA) is 75.4 Å². The highest BCUT2D eigenvalue weighted by molar-refractivity contribution is 5.77.